The van der Waals surface area contributed by atoms with E-state index in [9.17, 15) is 4.79 Å². The highest BCUT2D eigenvalue weighted by Crippen LogP contribution is 2.23. The molecule has 0 saturated carbocycles. The fourth-order valence-electron chi connectivity index (χ4n) is 1.40. The van der Waals surface area contributed by atoms with Gasteiger partial charge < -0.3 is 5.32 Å². The summed E-state index contributed by atoms with van der Waals surface area (Å²) in [6.07, 6.45) is 4.11. The van der Waals surface area contributed by atoms with Gasteiger partial charge in [-0.05, 0) is 34.8 Å². The number of carbonyl (C=O) groups excluding carboxylic acids is 1. The van der Waals surface area contributed by atoms with Gasteiger partial charge in [0.2, 0.25) is 5.91 Å². The molecular weight excluding hydrogens is 232 g/mol. The van der Waals surface area contributed by atoms with Gasteiger partial charge in [0.15, 0.2) is 0 Å². The summed E-state index contributed by atoms with van der Waals surface area (Å²) in [7, 11) is 0. The van der Waals surface area contributed by atoms with E-state index in [1.807, 2.05) is 6.07 Å². The molecular formula is C9H9BrN2O. The molecule has 0 radical (unpaired) electrons. The number of hydrogen-bond donors (Lipinski definition) is 1. The van der Waals surface area contributed by atoms with Gasteiger partial charge in [-0.25, -0.2) is 0 Å². The maximum absolute atomic E-state index is 11.2. The van der Waals surface area contributed by atoms with Crippen molar-refractivity contribution in [2.45, 2.75) is 19.3 Å². The van der Waals surface area contributed by atoms with Crippen LogP contribution in [-0.2, 0) is 11.2 Å². The van der Waals surface area contributed by atoms with Crippen LogP contribution < -0.4 is 5.32 Å². The number of anilines is 1. The Hall–Kier alpha value is -0.900. The summed E-state index contributed by atoms with van der Waals surface area (Å²) in [5.41, 5.74) is 1.82. The molecule has 1 aliphatic rings. The highest BCUT2D eigenvalue weighted by atomic mass is 79.9. The number of nitrogens with zero attached hydrogens (tertiary/aromatic N) is 1. The molecule has 0 bridgehead atoms. The summed E-state index contributed by atoms with van der Waals surface area (Å²) >= 11 is 3.32. The fourth-order valence-corrected chi connectivity index (χ4v) is 1.74. The van der Waals surface area contributed by atoms with Gasteiger partial charge in [0.05, 0.1) is 11.4 Å². The van der Waals surface area contributed by atoms with Gasteiger partial charge >= 0.3 is 0 Å². The van der Waals surface area contributed by atoms with Crippen LogP contribution in [0.2, 0.25) is 0 Å². The van der Waals surface area contributed by atoms with E-state index in [0.717, 1.165) is 28.7 Å². The molecule has 0 spiro atoms. The number of halogens is 1. The highest BCUT2D eigenvalue weighted by molar-refractivity contribution is 9.10. The molecule has 1 aliphatic heterocycles. The molecule has 1 amide bonds. The number of nitrogens with one attached hydrogen (secondary N) is 1. The highest BCUT2D eigenvalue weighted by Gasteiger charge is 2.13. The van der Waals surface area contributed by atoms with E-state index in [1.54, 1.807) is 6.20 Å². The van der Waals surface area contributed by atoms with Gasteiger partial charge in [0, 0.05) is 17.1 Å². The average molecular weight is 241 g/mol. The topological polar surface area (TPSA) is 42.0 Å². The van der Waals surface area contributed by atoms with Crippen molar-refractivity contribution in [1.82, 2.24) is 4.98 Å². The Morgan fingerprint density at radius 1 is 1.46 bits per heavy atom. The van der Waals surface area contributed by atoms with Crippen molar-refractivity contribution in [3.05, 3.63) is 22.4 Å². The van der Waals surface area contributed by atoms with Gasteiger partial charge in [-0.1, -0.05) is 0 Å². The van der Waals surface area contributed by atoms with E-state index < -0.39 is 0 Å². The molecule has 13 heavy (non-hydrogen) atoms. The summed E-state index contributed by atoms with van der Waals surface area (Å²) in [6, 6.07) is 1.89. The van der Waals surface area contributed by atoms with Crippen LogP contribution in [0.5, 0.6) is 0 Å². The zero-order chi connectivity index (χ0) is 9.26. The summed E-state index contributed by atoms with van der Waals surface area (Å²) in [6.45, 7) is 0. The molecule has 1 aromatic rings. The van der Waals surface area contributed by atoms with Crippen molar-refractivity contribution in [3.63, 3.8) is 0 Å². The SMILES string of the molecule is O=C1CCCc2ncc(Br)cc2N1. The second-order valence-electron chi connectivity index (χ2n) is 3.05. The number of aryl methyl sites for hydroxylation is 1. The van der Waals surface area contributed by atoms with Crippen molar-refractivity contribution < 1.29 is 4.79 Å². The quantitative estimate of drug-likeness (QED) is 0.755. The number of hydrogen-bond acceptors (Lipinski definition) is 2. The zero-order valence-corrected chi connectivity index (χ0v) is 8.60. The van der Waals surface area contributed by atoms with Crippen molar-refractivity contribution in [1.29, 1.82) is 0 Å². The predicted molar refractivity (Wildman–Crippen MR) is 53.5 cm³/mol. The first-order chi connectivity index (χ1) is 6.25. The van der Waals surface area contributed by atoms with Crippen LogP contribution in [-0.4, -0.2) is 10.9 Å². The molecule has 0 atom stereocenters. The minimum atomic E-state index is 0.0821. The third kappa shape index (κ3) is 1.88. The number of pyridine rings is 1. The van der Waals surface area contributed by atoms with Crippen LogP contribution in [0.15, 0.2) is 16.7 Å². The second-order valence-corrected chi connectivity index (χ2v) is 3.97. The van der Waals surface area contributed by atoms with Crippen molar-refractivity contribution in [2.75, 3.05) is 5.32 Å². The smallest absolute Gasteiger partial charge is 0.224 e. The van der Waals surface area contributed by atoms with Crippen molar-refractivity contribution in [2.24, 2.45) is 0 Å². The van der Waals surface area contributed by atoms with E-state index in [2.05, 4.69) is 26.2 Å². The Kier molecular flexibility index (Phi) is 2.31. The molecule has 2 rings (SSSR count). The van der Waals surface area contributed by atoms with Gasteiger partial charge in [-0.3, -0.25) is 9.78 Å². The standard InChI is InChI=1S/C9H9BrN2O/c10-6-4-8-7(11-5-6)2-1-3-9(13)12-8/h4-5H,1-3H2,(H,12,13). The Morgan fingerprint density at radius 2 is 2.31 bits per heavy atom. The lowest BCUT2D eigenvalue weighted by Crippen LogP contribution is -2.09. The molecule has 3 nitrogen and oxygen atoms in total. The molecule has 0 aliphatic carbocycles. The Morgan fingerprint density at radius 3 is 3.15 bits per heavy atom. The Labute approximate surface area is 84.7 Å². The molecule has 2 heterocycles. The monoisotopic (exact) mass is 240 g/mol. The minimum Gasteiger partial charge on any atom is -0.324 e. The molecule has 0 unspecified atom stereocenters. The lowest BCUT2D eigenvalue weighted by atomic mass is 10.2. The fraction of sp³-hybridized carbons (Fsp3) is 0.333. The minimum absolute atomic E-state index is 0.0821. The van der Waals surface area contributed by atoms with Crippen molar-refractivity contribution >= 4 is 27.5 Å². The lowest BCUT2D eigenvalue weighted by Gasteiger charge is -2.04. The normalized spacial score (nSPS) is 15.9. The van der Waals surface area contributed by atoms with Crippen LogP contribution in [0.25, 0.3) is 0 Å². The third-order valence-corrected chi connectivity index (χ3v) is 2.46. The first kappa shape index (κ1) is 8.69. The maximum atomic E-state index is 11.2. The molecule has 1 N–H and O–H groups in total. The number of aromatic nitrogens is 1. The number of rotatable bonds is 0. The average Bonchev–Trinajstić information content (AvgIpc) is 2.25. The predicted octanol–water partition coefficient (Wildman–Crippen LogP) is 2.12. The van der Waals surface area contributed by atoms with Crippen LogP contribution in [0.4, 0.5) is 5.69 Å². The number of amides is 1. The van der Waals surface area contributed by atoms with E-state index in [0.29, 0.717) is 6.42 Å². The van der Waals surface area contributed by atoms with Gasteiger partial charge in [-0.2, -0.15) is 0 Å². The molecule has 1 aromatic heterocycles. The van der Waals surface area contributed by atoms with Gasteiger partial charge in [-0.15, -0.1) is 0 Å². The van der Waals surface area contributed by atoms with E-state index in [1.165, 1.54) is 0 Å². The second kappa shape index (κ2) is 3.46. The van der Waals surface area contributed by atoms with Gasteiger partial charge in [0.1, 0.15) is 0 Å². The first-order valence-electron chi connectivity index (χ1n) is 4.20. The van der Waals surface area contributed by atoms with E-state index in [-0.39, 0.29) is 5.91 Å². The summed E-state index contributed by atoms with van der Waals surface area (Å²) in [5.74, 6) is 0.0821. The largest absolute Gasteiger partial charge is 0.324 e. The van der Waals surface area contributed by atoms with E-state index in [4.69, 9.17) is 0 Å². The third-order valence-electron chi connectivity index (χ3n) is 2.03. The van der Waals surface area contributed by atoms with Crippen LogP contribution in [0.3, 0.4) is 0 Å². The van der Waals surface area contributed by atoms with E-state index >= 15 is 0 Å². The van der Waals surface area contributed by atoms with Gasteiger partial charge in [0.25, 0.3) is 0 Å². The van der Waals surface area contributed by atoms with Crippen LogP contribution in [0.1, 0.15) is 18.5 Å². The molecule has 68 valence electrons. The zero-order valence-electron chi connectivity index (χ0n) is 7.01. The molecule has 4 heteroatoms. The van der Waals surface area contributed by atoms with Crippen molar-refractivity contribution in [3.8, 4) is 0 Å². The Balaban J connectivity index is 2.40. The summed E-state index contributed by atoms with van der Waals surface area (Å²) in [5, 5.41) is 2.83. The molecule has 0 saturated heterocycles. The Bertz CT molecular complexity index is 351. The first-order valence-corrected chi connectivity index (χ1v) is 4.99. The summed E-state index contributed by atoms with van der Waals surface area (Å²) in [4.78, 5) is 15.5. The maximum Gasteiger partial charge on any atom is 0.224 e. The number of fused-ring (bicyclic) bond motifs is 1. The summed E-state index contributed by atoms with van der Waals surface area (Å²) < 4.78 is 0.897. The molecule has 0 fully saturated rings. The molecule has 0 aromatic carbocycles. The lowest BCUT2D eigenvalue weighted by molar-refractivity contribution is -0.116. The van der Waals surface area contributed by atoms with Crippen LogP contribution in [0, 0.1) is 0 Å². The van der Waals surface area contributed by atoms with Crippen LogP contribution >= 0.6 is 15.9 Å². The number of carbonyl (C=O) groups is 1.